The largest absolute Gasteiger partial charge is 0.495 e. The fourth-order valence-corrected chi connectivity index (χ4v) is 4.48. The Bertz CT molecular complexity index is 1020. The number of carbonyl (C=O) groups excluding carboxylic acids is 2. The van der Waals surface area contributed by atoms with Crippen LogP contribution in [0.5, 0.6) is 5.75 Å². The smallest absolute Gasteiger partial charge is 0.251 e. The topological polar surface area (TPSA) is 105 Å². The number of nitrogens with zero attached hydrogens (tertiary/aromatic N) is 1. The van der Waals surface area contributed by atoms with Crippen molar-refractivity contribution in [3.63, 3.8) is 0 Å². The number of sulfonamides is 1. The van der Waals surface area contributed by atoms with Gasteiger partial charge in [0.05, 0.1) is 23.6 Å². The van der Waals surface area contributed by atoms with E-state index in [1.54, 1.807) is 26.0 Å². The molecule has 0 fully saturated rings. The Morgan fingerprint density at radius 2 is 1.80 bits per heavy atom. The minimum absolute atomic E-state index is 0.0242. The number of rotatable bonds is 9. The summed E-state index contributed by atoms with van der Waals surface area (Å²) in [6.45, 7) is 3.84. The first-order valence-electron chi connectivity index (χ1n) is 9.24. The van der Waals surface area contributed by atoms with Gasteiger partial charge in [-0.15, -0.1) is 0 Å². The first kappa shape index (κ1) is 23.7. The van der Waals surface area contributed by atoms with Crippen LogP contribution in [0.2, 0.25) is 5.02 Å². The molecule has 8 nitrogen and oxygen atoms in total. The van der Waals surface area contributed by atoms with Crippen LogP contribution in [0.25, 0.3) is 0 Å². The average Bonchev–Trinajstić information content (AvgIpc) is 2.73. The van der Waals surface area contributed by atoms with Crippen LogP contribution in [0, 0.1) is 0 Å². The highest BCUT2D eigenvalue weighted by molar-refractivity contribution is 7.89. The highest BCUT2D eigenvalue weighted by Gasteiger charge is 2.22. The Balaban J connectivity index is 2.03. The predicted molar refractivity (Wildman–Crippen MR) is 116 cm³/mol. The Morgan fingerprint density at radius 3 is 2.40 bits per heavy atom. The molecule has 0 atom stereocenters. The third kappa shape index (κ3) is 5.71. The molecule has 0 aliphatic carbocycles. The van der Waals surface area contributed by atoms with E-state index in [0.29, 0.717) is 29.5 Å². The van der Waals surface area contributed by atoms with E-state index in [1.165, 1.54) is 41.7 Å². The van der Waals surface area contributed by atoms with Crippen LogP contribution in [0.4, 0.5) is 5.69 Å². The summed E-state index contributed by atoms with van der Waals surface area (Å²) >= 11 is 6.02. The van der Waals surface area contributed by atoms with Gasteiger partial charge in [0.15, 0.2) is 0 Å². The lowest BCUT2D eigenvalue weighted by atomic mass is 10.2. The van der Waals surface area contributed by atoms with Gasteiger partial charge in [-0.05, 0) is 36.4 Å². The number of nitrogens with one attached hydrogen (secondary N) is 2. The molecule has 0 heterocycles. The minimum atomic E-state index is -3.69. The van der Waals surface area contributed by atoms with Gasteiger partial charge in [-0.25, -0.2) is 8.42 Å². The Kier molecular flexibility index (Phi) is 8.22. The summed E-state index contributed by atoms with van der Waals surface area (Å²) in [4.78, 5) is 24.5. The summed E-state index contributed by atoms with van der Waals surface area (Å²) in [7, 11) is -2.20. The molecule has 2 aromatic carbocycles. The summed E-state index contributed by atoms with van der Waals surface area (Å²) in [6, 6.07) is 10.5. The van der Waals surface area contributed by atoms with E-state index in [2.05, 4.69) is 10.6 Å². The van der Waals surface area contributed by atoms with Gasteiger partial charge in [-0.3, -0.25) is 9.59 Å². The van der Waals surface area contributed by atoms with Crippen LogP contribution in [-0.4, -0.2) is 51.3 Å². The average molecular weight is 454 g/mol. The van der Waals surface area contributed by atoms with Crippen molar-refractivity contribution in [3.05, 3.63) is 53.1 Å². The molecule has 2 amide bonds. The van der Waals surface area contributed by atoms with Crippen molar-refractivity contribution in [3.8, 4) is 5.75 Å². The van der Waals surface area contributed by atoms with Gasteiger partial charge in [0.2, 0.25) is 15.9 Å². The highest BCUT2D eigenvalue weighted by Crippen LogP contribution is 2.27. The molecule has 10 heteroatoms. The normalized spacial score (nSPS) is 11.2. The molecule has 2 N–H and O–H groups in total. The van der Waals surface area contributed by atoms with Crippen LogP contribution < -0.4 is 15.4 Å². The first-order chi connectivity index (χ1) is 14.2. The van der Waals surface area contributed by atoms with E-state index in [4.69, 9.17) is 16.3 Å². The zero-order valence-corrected chi connectivity index (χ0v) is 18.5. The van der Waals surface area contributed by atoms with Crippen molar-refractivity contribution in [2.75, 3.05) is 32.1 Å². The Hall–Kier alpha value is -2.62. The van der Waals surface area contributed by atoms with Crippen molar-refractivity contribution in [2.45, 2.75) is 18.7 Å². The molecule has 30 heavy (non-hydrogen) atoms. The summed E-state index contributed by atoms with van der Waals surface area (Å²) < 4.78 is 31.6. The number of ether oxygens (including phenoxy) is 1. The van der Waals surface area contributed by atoms with Gasteiger partial charge in [-0.1, -0.05) is 31.5 Å². The monoisotopic (exact) mass is 453 g/mol. The van der Waals surface area contributed by atoms with E-state index in [0.717, 1.165) is 0 Å². The second kappa shape index (κ2) is 10.4. The van der Waals surface area contributed by atoms with Gasteiger partial charge in [0.1, 0.15) is 5.75 Å². The van der Waals surface area contributed by atoms with Crippen molar-refractivity contribution in [1.29, 1.82) is 0 Å². The molecule has 0 bridgehead atoms. The third-order valence-electron chi connectivity index (χ3n) is 4.28. The fraction of sp³-hybridized carbons (Fsp3) is 0.300. The second-order valence-electron chi connectivity index (χ2n) is 6.20. The third-order valence-corrected chi connectivity index (χ3v) is 6.63. The van der Waals surface area contributed by atoms with Gasteiger partial charge in [-0.2, -0.15) is 4.31 Å². The molecule has 0 aromatic heterocycles. The predicted octanol–water partition coefficient (Wildman–Crippen LogP) is 2.75. The van der Waals surface area contributed by atoms with Gasteiger partial charge in [0.25, 0.3) is 5.91 Å². The van der Waals surface area contributed by atoms with Gasteiger partial charge < -0.3 is 15.4 Å². The van der Waals surface area contributed by atoms with E-state index < -0.39 is 21.8 Å². The number of hydrogen-bond acceptors (Lipinski definition) is 5. The van der Waals surface area contributed by atoms with Crippen molar-refractivity contribution in [1.82, 2.24) is 9.62 Å². The zero-order chi connectivity index (χ0) is 22.3. The lowest BCUT2D eigenvalue weighted by Gasteiger charge is -2.18. The van der Waals surface area contributed by atoms with E-state index in [9.17, 15) is 18.0 Å². The summed E-state index contributed by atoms with van der Waals surface area (Å²) in [5, 5.41) is 5.42. The molecule has 2 aromatic rings. The van der Waals surface area contributed by atoms with Gasteiger partial charge >= 0.3 is 0 Å². The molecule has 0 unspecified atom stereocenters. The van der Waals surface area contributed by atoms with Crippen LogP contribution in [0.15, 0.2) is 47.4 Å². The van der Waals surface area contributed by atoms with Crippen molar-refractivity contribution < 1.29 is 22.7 Å². The lowest BCUT2D eigenvalue weighted by Crippen LogP contribution is -2.33. The minimum Gasteiger partial charge on any atom is -0.495 e. The molecule has 0 spiro atoms. The summed E-state index contributed by atoms with van der Waals surface area (Å²) in [6.07, 6.45) is 0. The second-order valence-corrected chi connectivity index (χ2v) is 8.54. The maximum absolute atomic E-state index is 12.6. The van der Waals surface area contributed by atoms with Crippen LogP contribution in [-0.2, 0) is 14.8 Å². The zero-order valence-electron chi connectivity index (χ0n) is 16.9. The molecule has 162 valence electrons. The van der Waals surface area contributed by atoms with Crippen molar-refractivity contribution in [2.24, 2.45) is 0 Å². The molecule has 0 aliphatic heterocycles. The molecule has 2 rings (SSSR count). The SMILES string of the molecule is CCN(CC)S(=O)(=O)c1cccc(C(=O)NCC(=O)Nc2ccc(OC)c(Cl)c2)c1. The maximum Gasteiger partial charge on any atom is 0.251 e. The van der Waals surface area contributed by atoms with Crippen LogP contribution in [0.1, 0.15) is 24.2 Å². The fourth-order valence-electron chi connectivity index (χ4n) is 2.72. The van der Waals surface area contributed by atoms with E-state index >= 15 is 0 Å². The first-order valence-corrected chi connectivity index (χ1v) is 11.1. The number of anilines is 1. The molecule has 0 aliphatic rings. The molecule has 0 saturated heterocycles. The van der Waals surface area contributed by atoms with Crippen molar-refractivity contribution >= 4 is 39.1 Å². The number of methoxy groups -OCH3 is 1. The Morgan fingerprint density at radius 1 is 1.10 bits per heavy atom. The molecular weight excluding hydrogens is 430 g/mol. The number of amides is 2. The van der Waals surface area contributed by atoms with Crippen LogP contribution in [0.3, 0.4) is 0 Å². The van der Waals surface area contributed by atoms with Crippen LogP contribution >= 0.6 is 11.6 Å². The Labute approximate surface area is 181 Å². The molecule has 0 radical (unpaired) electrons. The summed E-state index contributed by atoms with van der Waals surface area (Å²) in [5.41, 5.74) is 0.593. The summed E-state index contributed by atoms with van der Waals surface area (Å²) in [5.74, 6) is -0.548. The molecular formula is C20H24ClN3O5S. The standard InChI is InChI=1S/C20H24ClN3O5S/c1-4-24(5-2)30(27,28)16-8-6-7-14(11-16)20(26)22-13-19(25)23-15-9-10-18(29-3)17(21)12-15/h6-12H,4-5,13H2,1-3H3,(H,22,26)(H,23,25). The number of carbonyl (C=O) groups is 2. The quantitative estimate of drug-likeness (QED) is 0.607. The number of halogens is 1. The molecule has 0 saturated carbocycles. The highest BCUT2D eigenvalue weighted by atomic mass is 35.5. The maximum atomic E-state index is 12.6. The number of hydrogen-bond donors (Lipinski definition) is 2. The lowest BCUT2D eigenvalue weighted by molar-refractivity contribution is -0.115. The van der Waals surface area contributed by atoms with Gasteiger partial charge in [0, 0.05) is 24.3 Å². The van der Waals surface area contributed by atoms with E-state index in [1.807, 2.05) is 0 Å². The number of benzene rings is 2. The van der Waals surface area contributed by atoms with E-state index in [-0.39, 0.29) is 17.0 Å².